The highest BCUT2D eigenvalue weighted by Crippen LogP contribution is 2.08. The highest BCUT2D eigenvalue weighted by Gasteiger charge is 2.06. The van der Waals surface area contributed by atoms with E-state index in [1.807, 2.05) is 19.0 Å². The van der Waals surface area contributed by atoms with Crippen molar-refractivity contribution in [2.24, 2.45) is 5.92 Å². The molecular weight excluding hydrogens is 138 g/mol. The standard InChI is InChI=1S/C9H21NO/c1-5-9(6-2)8-10(4)11-7-3/h9H,5-8H2,1-4H3. The Morgan fingerprint density at radius 1 is 1.18 bits per heavy atom. The summed E-state index contributed by atoms with van der Waals surface area (Å²) in [6, 6.07) is 0. The molecule has 0 aromatic heterocycles. The minimum atomic E-state index is 0.774. The second-order valence-corrected chi connectivity index (χ2v) is 2.91. The van der Waals surface area contributed by atoms with Crippen LogP contribution in [-0.4, -0.2) is 25.3 Å². The topological polar surface area (TPSA) is 12.5 Å². The van der Waals surface area contributed by atoms with Gasteiger partial charge in [-0.25, -0.2) is 0 Å². The van der Waals surface area contributed by atoms with Crippen LogP contribution in [-0.2, 0) is 4.84 Å². The summed E-state index contributed by atoms with van der Waals surface area (Å²) in [5, 5.41) is 1.94. The molecule has 0 aliphatic carbocycles. The fourth-order valence-electron chi connectivity index (χ4n) is 1.18. The fourth-order valence-corrected chi connectivity index (χ4v) is 1.18. The van der Waals surface area contributed by atoms with E-state index < -0.39 is 0 Å². The molecule has 0 bridgehead atoms. The van der Waals surface area contributed by atoms with E-state index in [-0.39, 0.29) is 0 Å². The van der Waals surface area contributed by atoms with Crippen LogP contribution in [0.3, 0.4) is 0 Å². The van der Waals surface area contributed by atoms with Gasteiger partial charge in [0, 0.05) is 13.6 Å². The van der Waals surface area contributed by atoms with E-state index in [2.05, 4.69) is 13.8 Å². The number of hydrogen-bond acceptors (Lipinski definition) is 2. The molecule has 0 fully saturated rings. The molecule has 11 heavy (non-hydrogen) atoms. The zero-order valence-corrected chi connectivity index (χ0v) is 8.26. The van der Waals surface area contributed by atoms with Gasteiger partial charge in [0.1, 0.15) is 0 Å². The van der Waals surface area contributed by atoms with Gasteiger partial charge in [0.05, 0.1) is 6.61 Å². The van der Waals surface area contributed by atoms with Crippen LogP contribution < -0.4 is 0 Å². The van der Waals surface area contributed by atoms with Gasteiger partial charge in [-0.2, -0.15) is 5.06 Å². The van der Waals surface area contributed by atoms with E-state index in [0.29, 0.717) is 0 Å². The first-order valence-corrected chi connectivity index (χ1v) is 4.58. The van der Waals surface area contributed by atoms with Gasteiger partial charge < -0.3 is 0 Å². The Bertz CT molecular complexity index is 81.6. The first-order valence-electron chi connectivity index (χ1n) is 4.58. The SMILES string of the molecule is CCON(C)CC(CC)CC. The Labute approximate surface area is 70.5 Å². The molecule has 0 saturated heterocycles. The maximum absolute atomic E-state index is 5.31. The van der Waals surface area contributed by atoms with Crippen molar-refractivity contribution < 1.29 is 4.84 Å². The normalized spacial score (nSPS) is 11.5. The van der Waals surface area contributed by atoms with Crippen LogP contribution in [0.15, 0.2) is 0 Å². The third-order valence-electron chi connectivity index (χ3n) is 2.02. The number of hydroxylamine groups is 2. The van der Waals surface area contributed by atoms with Crippen LogP contribution in [0, 0.1) is 5.92 Å². The molecule has 68 valence electrons. The van der Waals surface area contributed by atoms with Crippen molar-refractivity contribution in [2.45, 2.75) is 33.6 Å². The second kappa shape index (κ2) is 6.62. The summed E-state index contributed by atoms with van der Waals surface area (Å²) < 4.78 is 0. The molecule has 0 aliphatic rings. The van der Waals surface area contributed by atoms with Gasteiger partial charge in [0.25, 0.3) is 0 Å². The molecule has 0 atom stereocenters. The molecule has 0 heterocycles. The van der Waals surface area contributed by atoms with Gasteiger partial charge in [-0.3, -0.25) is 4.84 Å². The van der Waals surface area contributed by atoms with Gasteiger partial charge in [-0.1, -0.05) is 26.7 Å². The zero-order chi connectivity index (χ0) is 8.69. The first kappa shape index (κ1) is 10.9. The van der Waals surface area contributed by atoms with Crippen LogP contribution in [0.25, 0.3) is 0 Å². The molecule has 2 heteroatoms. The Kier molecular flexibility index (Phi) is 6.57. The van der Waals surface area contributed by atoms with E-state index in [1.54, 1.807) is 0 Å². The first-order chi connectivity index (χ1) is 5.24. The second-order valence-electron chi connectivity index (χ2n) is 2.91. The van der Waals surface area contributed by atoms with Crippen molar-refractivity contribution in [1.29, 1.82) is 0 Å². The minimum Gasteiger partial charge on any atom is -0.300 e. The van der Waals surface area contributed by atoms with Gasteiger partial charge >= 0.3 is 0 Å². The summed E-state index contributed by atoms with van der Waals surface area (Å²) in [6.07, 6.45) is 2.49. The molecule has 0 amide bonds. The Balaban J connectivity index is 3.44. The predicted molar refractivity (Wildman–Crippen MR) is 48.3 cm³/mol. The largest absolute Gasteiger partial charge is 0.300 e. The highest BCUT2D eigenvalue weighted by atomic mass is 16.7. The maximum atomic E-state index is 5.31. The van der Waals surface area contributed by atoms with Crippen molar-refractivity contribution in [3.63, 3.8) is 0 Å². The van der Waals surface area contributed by atoms with Crippen LogP contribution in [0.1, 0.15) is 33.6 Å². The lowest BCUT2D eigenvalue weighted by molar-refractivity contribution is -0.142. The van der Waals surface area contributed by atoms with Crippen LogP contribution in [0.2, 0.25) is 0 Å². The summed E-state index contributed by atoms with van der Waals surface area (Å²) in [5.74, 6) is 0.784. The molecule has 0 unspecified atom stereocenters. The Morgan fingerprint density at radius 2 is 1.73 bits per heavy atom. The molecule has 0 radical (unpaired) electrons. The Hall–Kier alpha value is -0.0800. The Morgan fingerprint density at radius 3 is 2.09 bits per heavy atom. The van der Waals surface area contributed by atoms with E-state index in [9.17, 15) is 0 Å². The lowest BCUT2D eigenvalue weighted by Crippen LogP contribution is -2.25. The lowest BCUT2D eigenvalue weighted by Gasteiger charge is -2.20. The molecule has 0 aromatic carbocycles. The molecule has 2 nitrogen and oxygen atoms in total. The van der Waals surface area contributed by atoms with Gasteiger partial charge in [-0.15, -0.1) is 0 Å². The number of nitrogens with zero attached hydrogens (tertiary/aromatic N) is 1. The summed E-state index contributed by atoms with van der Waals surface area (Å²) in [7, 11) is 2.00. The van der Waals surface area contributed by atoms with Crippen molar-refractivity contribution >= 4 is 0 Å². The summed E-state index contributed by atoms with van der Waals surface area (Å²) in [5.41, 5.74) is 0. The van der Waals surface area contributed by atoms with Crippen molar-refractivity contribution in [3.8, 4) is 0 Å². The minimum absolute atomic E-state index is 0.774. The summed E-state index contributed by atoms with van der Waals surface area (Å²) in [6.45, 7) is 8.31. The van der Waals surface area contributed by atoms with Crippen LogP contribution in [0.4, 0.5) is 0 Å². The molecular formula is C9H21NO. The predicted octanol–water partition coefficient (Wildman–Crippen LogP) is 2.31. The lowest BCUT2D eigenvalue weighted by atomic mass is 10.0. The third kappa shape index (κ3) is 5.22. The highest BCUT2D eigenvalue weighted by molar-refractivity contribution is 4.55. The van der Waals surface area contributed by atoms with Crippen molar-refractivity contribution in [3.05, 3.63) is 0 Å². The van der Waals surface area contributed by atoms with Crippen LogP contribution >= 0.6 is 0 Å². The van der Waals surface area contributed by atoms with E-state index >= 15 is 0 Å². The number of hydrogen-bond donors (Lipinski definition) is 0. The molecule has 0 spiro atoms. The molecule has 0 N–H and O–H groups in total. The molecule has 0 saturated carbocycles. The van der Waals surface area contributed by atoms with E-state index in [4.69, 9.17) is 4.84 Å². The monoisotopic (exact) mass is 159 g/mol. The summed E-state index contributed by atoms with van der Waals surface area (Å²) in [4.78, 5) is 5.31. The smallest absolute Gasteiger partial charge is 0.0656 e. The average Bonchev–Trinajstić information content (AvgIpc) is 2.01. The maximum Gasteiger partial charge on any atom is 0.0656 e. The van der Waals surface area contributed by atoms with Gasteiger partial charge in [0.15, 0.2) is 0 Å². The van der Waals surface area contributed by atoms with Crippen molar-refractivity contribution in [2.75, 3.05) is 20.2 Å². The third-order valence-corrected chi connectivity index (χ3v) is 2.02. The van der Waals surface area contributed by atoms with Crippen LogP contribution in [0.5, 0.6) is 0 Å². The fraction of sp³-hybridized carbons (Fsp3) is 1.00. The van der Waals surface area contributed by atoms with Gasteiger partial charge in [0.2, 0.25) is 0 Å². The van der Waals surface area contributed by atoms with Gasteiger partial charge in [-0.05, 0) is 12.8 Å². The molecule has 0 aromatic rings. The zero-order valence-electron chi connectivity index (χ0n) is 8.26. The van der Waals surface area contributed by atoms with E-state index in [1.165, 1.54) is 12.8 Å². The molecule has 0 aliphatic heterocycles. The quantitative estimate of drug-likeness (QED) is 0.551. The van der Waals surface area contributed by atoms with Crippen molar-refractivity contribution in [1.82, 2.24) is 5.06 Å². The summed E-state index contributed by atoms with van der Waals surface area (Å²) >= 11 is 0. The average molecular weight is 159 g/mol. The van der Waals surface area contributed by atoms with E-state index in [0.717, 1.165) is 19.1 Å². The number of rotatable bonds is 6. The molecule has 0 rings (SSSR count).